The lowest BCUT2D eigenvalue weighted by atomic mass is 9.89. The molecule has 2 aliphatic rings. The Morgan fingerprint density at radius 1 is 1.03 bits per heavy atom. The molecule has 0 unspecified atom stereocenters. The Morgan fingerprint density at radius 3 is 2.39 bits per heavy atom. The average Bonchev–Trinajstić information content (AvgIpc) is 2.96. The zero-order chi connectivity index (χ0) is 27.4. The summed E-state index contributed by atoms with van der Waals surface area (Å²) in [5.74, 6) is 0.935. The smallest absolute Gasteiger partial charge is 0.244 e. The molecule has 0 radical (unpaired) electrons. The first kappa shape index (κ1) is 28.5. The molecular weight excluding hydrogens is 555 g/mol. The van der Waals surface area contributed by atoms with E-state index in [0.29, 0.717) is 36.5 Å². The average molecular weight is 586 g/mol. The molecule has 1 amide bonds. The van der Waals surface area contributed by atoms with Crippen LogP contribution in [-0.4, -0.2) is 75.8 Å². The van der Waals surface area contributed by atoms with E-state index in [9.17, 15) is 18.0 Å². The van der Waals surface area contributed by atoms with Crippen molar-refractivity contribution < 1.29 is 32.2 Å². The fraction of sp³-hybridized carbons (Fsp3) is 0.462. The standard InChI is InChI=1S/C26H30Cl2N2O7S/c1-35-24-7-6-20(15-25(24)36-2)37-11-9-29-16-17(8-10-31)22-4-3-5-23(26(29)32)30(22)38(33,34)21-13-18(27)12-19(28)14-21/h6-7,10,12-15,17,22-23H,3-5,8-9,11,16H2,1-2H3/t17-,22+,23-/m0/s1. The van der Waals surface area contributed by atoms with Crippen LogP contribution in [0.2, 0.25) is 10.0 Å². The number of methoxy groups -OCH3 is 2. The molecule has 0 saturated carbocycles. The second-order valence-electron chi connectivity index (χ2n) is 9.27. The van der Waals surface area contributed by atoms with Gasteiger partial charge in [0.25, 0.3) is 0 Å². The lowest BCUT2D eigenvalue weighted by Crippen LogP contribution is -2.55. The number of aldehydes is 1. The molecule has 2 saturated heterocycles. The van der Waals surface area contributed by atoms with Gasteiger partial charge < -0.3 is 23.9 Å². The number of hydrogen-bond donors (Lipinski definition) is 0. The zero-order valence-corrected chi connectivity index (χ0v) is 23.5. The van der Waals surface area contributed by atoms with Gasteiger partial charge in [-0.3, -0.25) is 4.79 Å². The number of piperidine rings is 1. The molecule has 2 heterocycles. The summed E-state index contributed by atoms with van der Waals surface area (Å²) < 4.78 is 45.5. The van der Waals surface area contributed by atoms with Gasteiger partial charge in [0.1, 0.15) is 24.7 Å². The molecule has 2 aromatic rings. The minimum atomic E-state index is -4.13. The van der Waals surface area contributed by atoms with Crippen LogP contribution in [-0.2, 0) is 19.6 Å². The third-order valence-corrected chi connectivity index (χ3v) is 9.35. The second-order valence-corrected chi connectivity index (χ2v) is 12.0. The Bertz CT molecular complexity index is 1270. The van der Waals surface area contributed by atoms with E-state index in [4.69, 9.17) is 37.4 Å². The molecule has 2 bridgehead atoms. The number of sulfonamides is 1. The normalized spacial score (nSPS) is 22.1. The van der Waals surface area contributed by atoms with Crippen molar-refractivity contribution in [1.82, 2.24) is 9.21 Å². The van der Waals surface area contributed by atoms with E-state index in [1.54, 1.807) is 30.2 Å². The molecule has 12 heteroatoms. The molecule has 206 valence electrons. The molecule has 2 aliphatic heterocycles. The minimum Gasteiger partial charge on any atom is -0.493 e. The van der Waals surface area contributed by atoms with E-state index in [1.807, 2.05) is 0 Å². The fourth-order valence-electron chi connectivity index (χ4n) is 5.27. The molecule has 0 aromatic heterocycles. The molecule has 9 nitrogen and oxygen atoms in total. The topological polar surface area (TPSA) is 102 Å². The highest BCUT2D eigenvalue weighted by Crippen LogP contribution is 2.39. The summed E-state index contributed by atoms with van der Waals surface area (Å²) in [7, 11) is -1.06. The maximum Gasteiger partial charge on any atom is 0.244 e. The molecule has 3 atom stereocenters. The van der Waals surface area contributed by atoms with Crippen LogP contribution in [0.3, 0.4) is 0 Å². The quantitative estimate of drug-likeness (QED) is 0.388. The largest absolute Gasteiger partial charge is 0.493 e. The maximum atomic E-state index is 13.9. The summed E-state index contributed by atoms with van der Waals surface area (Å²) in [5, 5.41) is 0.363. The van der Waals surface area contributed by atoms with Crippen molar-refractivity contribution in [3.63, 3.8) is 0 Å². The molecular formula is C26H30Cl2N2O7S. The van der Waals surface area contributed by atoms with E-state index < -0.39 is 22.1 Å². The first-order valence-corrected chi connectivity index (χ1v) is 14.5. The van der Waals surface area contributed by atoms with Gasteiger partial charge in [0.05, 0.1) is 25.7 Å². The molecule has 2 aromatic carbocycles. The lowest BCUT2D eigenvalue weighted by molar-refractivity contribution is -0.135. The predicted molar refractivity (Wildman–Crippen MR) is 143 cm³/mol. The van der Waals surface area contributed by atoms with Gasteiger partial charge in [-0.1, -0.05) is 23.2 Å². The number of ether oxygens (including phenoxy) is 3. The number of hydrogen-bond acceptors (Lipinski definition) is 7. The van der Waals surface area contributed by atoms with Crippen LogP contribution >= 0.6 is 23.2 Å². The van der Waals surface area contributed by atoms with Crippen LogP contribution in [0, 0.1) is 5.92 Å². The van der Waals surface area contributed by atoms with Crippen molar-refractivity contribution in [3.8, 4) is 17.2 Å². The summed E-state index contributed by atoms with van der Waals surface area (Å²) in [6.07, 6.45) is 2.51. The number of carbonyl (C=O) groups excluding carboxylic acids is 2. The van der Waals surface area contributed by atoms with Crippen molar-refractivity contribution in [2.24, 2.45) is 5.92 Å². The summed E-state index contributed by atoms with van der Waals surface area (Å²) in [6, 6.07) is 7.85. The van der Waals surface area contributed by atoms with Crippen LogP contribution in [0.1, 0.15) is 25.7 Å². The van der Waals surface area contributed by atoms with Gasteiger partial charge >= 0.3 is 0 Å². The first-order chi connectivity index (χ1) is 18.2. The highest BCUT2D eigenvalue weighted by Gasteiger charge is 2.50. The van der Waals surface area contributed by atoms with Gasteiger partial charge in [-0.05, 0) is 55.5 Å². The highest BCUT2D eigenvalue weighted by atomic mass is 35.5. The van der Waals surface area contributed by atoms with Gasteiger partial charge in [-0.25, -0.2) is 8.42 Å². The third kappa shape index (κ3) is 5.88. The van der Waals surface area contributed by atoms with Crippen molar-refractivity contribution in [3.05, 3.63) is 46.4 Å². The third-order valence-electron chi connectivity index (χ3n) is 7.00. The number of fused-ring (bicyclic) bond motifs is 2. The van der Waals surface area contributed by atoms with E-state index in [2.05, 4.69) is 0 Å². The molecule has 0 N–H and O–H groups in total. The van der Waals surface area contributed by atoms with Crippen LogP contribution in [0.5, 0.6) is 17.2 Å². The Hall–Kier alpha value is -2.53. The SMILES string of the molecule is COc1ccc(OCCN2C[C@H](CC=O)[C@H]3CCC[C@@H](C2=O)N3S(=O)(=O)c2cc(Cl)cc(Cl)c2)cc1OC. The number of carbonyl (C=O) groups is 2. The van der Waals surface area contributed by atoms with Gasteiger partial charge in [0.15, 0.2) is 11.5 Å². The fourth-order valence-corrected chi connectivity index (χ4v) is 7.88. The first-order valence-electron chi connectivity index (χ1n) is 12.3. The van der Waals surface area contributed by atoms with Gasteiger partial charge in [-0.2, -0.15) is 4.31 Å². The molecule has 0 aliphatic carbocycles. The summed E-state index contributed by atoms with van der Waals surface area (Å²) >= 11 is 12.2. The monoisotopic (exact) mass is 584 g/mol. The summed E-state index contributed by atoms with van der Waals surface area (Å²) in [4.78, 5) is 26.9. The van der Waals surface area contributed by atoms with Crippen molar-refractivity contribution >= 4 is 45.4 Å². The Kier molecular flexibility index (Phi) is 9.07. The van der Waals surface area contributed by atoms with E-state index in [-0.39, 0.29) is 52.9 Å². The van der Waals surface area contributed by atoms with E-state index in [1.165, 1.54) is 29.6 Å². The highest BCUT2D eigenvalue weighted by molar-refractivity contribution is 7.89. The van der Waals surface area contributed by atoms with Crippen LogP contribution in [0.15, 0.2) is 41.3 Å². The van der Waals surface area contributed by atoms with Crippen molar-refractivity contribution in [2.45, 2.75) is 42.7 Å². The van der Waals surface area contributed by atoms with Crippen molar-refractivity contribution in [1.29, 1.82) is 0 Å². The van der Waals surface area contributed by atoms with Gasteiger partial charge in [-0.15, -0.1) is 0 Å². The number of halogens is 2. The number of nitrogens with zero attached hydrogens (tertiary/aromatic N) is 2. The summed E-state index contributed by atoms with van der Waals surface area (Å²) in [6.45, 7) is 0.641. The Morgan fingerprint density at radius 2 is 1.74 bits per heavy atom. The van der Waals surface area contributed by atoms with Crippen LogP contribution in [0.4, 0.5) is 0 Å². The van der Waals surface area contributed by atoms with Gasteiger partial charge in [0.2, 0.25) is 15.9 Å². The number of benzene rings is 2. The maximum absolute atomic E-state index is 13.9. The molecule has 0 spiro atoms. The molecule has 2 fully saturated rings. The zero-order valence-electron chi connectivity index (χ0n) is 21.1. The number of rotatable bonds is 10. The lowest BCUT2D eigenvalue weighted by Gasteiger charge is -2.40. The van der Waals surface area contributed by atoms with Crippen molar-refractivity contribution in [2.75, 3.05) is 33.9 Å². The molecule has 4 rings (SSSR count). The molecule has 38 heavy (non-hydrogen) atoms. The predicted octanol–water partition coefficient (Wildman–Crippen LogP) is 4.05. The number of amides is 1. The second kappa shape index (κ2) is 12.1. The van der Waals surface area contributed by atoms with E-state index >= 15 is 0 Å². The van der Waals surface area contributed by atoms with Gasteiger partial charge in [0, 0.05) is 35.1 Å². The minimum absolute atomic E-state index is 0.0743. The Labute approximate surface area is 232 Å². The summed E-state index contributed by atoms with van der Waals surface area (Å²) in [5.41, 5.74) is 0. The van der Waals surface area contributed by atoms with Crippen LogP contribution < -0.4 is 14.2 Å². The van der Waals surface area contributed by atoms with Crippen LogP contribution in [0.25, 0.3) is 0 Å². The van der Waals surface area contributed by atoms with E-state index in [0.717, 1.165) is 6.29 Å². The Balaban J connectivity index is 1.59.